The number of hydrogen-bond acceptors (Lipinski definition) is 4. The van der Waals surface area contributed by atoms with Crippen LogP contribution in [0, 0.1) is 6.92 Å². The van der Waals surface area contributed by atoms with Gasteiger partial charge >= 0.3 is 0 Å². The van der Waals surface area contributed by atoms with E-state index >= 15 is 0 Å². The molecule has 3 rings (SSSR count). The van der Waals surface area contributed by atoms with Crippen LogP contribution in [-0.2, 0) is 13.1 Å². The molecule has 2 fully saturated rings. The highest BCUT2D eigenvalue weighted by Gasteiger charge is 2.24. The number of nitrogens with zero attached hydrogens (tertiary/aromatic N) is 4. The molecule has 0 radical (unpaired) electrons. The Morgan fingerprint density at radius 3 is 2.73 bits per heavy atom. The molecule has 1 aliphatic carbocycles. The van der Waals surface area contributed by atoms with Gasteiger partial charge in [-0.05, 0) is 39.3 Å². The molecule has 1 aliphatic heterocycles. The molecule has 1 N–H and O–H groups in total. The fraction of sp³-hybridized carbons (Fsp3) is 0.824. The van der Waals surface area contributed by atoms with E-state index in [1.165, 1.54) is 63.8 Å². The van der Waals surface area contributed by atoms with Crippen LogP contribution in [0.3, 0.4) is 0 Å². The molecule has 5 heteroatoms. The minimum Gasteiger partial charge on any atom is -0.394 e. The van der Waals surface area contributed by atoms with Crippen LogP contribution in [0.4, 0.5) is 0 Å². The number of hydrogen-bond donors (Lipinski definition) is 1. The van der Waals surface area contributed by atoms with E-state index in [-0.39, 0.29) is 6.61 Å². The lowest BCUT2D eigenvalue weighted by atomic mass is 10.2. The van der Waals surface area contributed by atoms with Crippen LogP contribution in [0.2, 0.25) is 0 Å². The summed E-state index contributed by atoms with van der Waals surface area (Å²) in [6.45, 7) is 8.66. The standard InChI is InChI=1S/C17H30N4O/c1-15-16(14-21(18-15)11-12-22)13-19-7-4-8-20(10-9-19)17-5-2-3-6-17/h14,17,22H,2-13H2,1H3. The lowest BCUT2D eigenvalue weighted by Gasteiger charge is -2.27. The van der Waals surface area contributed by atoms with E-state index in [9.17, 15) is 0 Å². The summed E-state index contributed by atoms with van der Waals surface area (Å²) < 4.78 is 1.87. The highest BCUT2D eigenvalue weighted by molar-refractivity contribution is 5.15. The first-order chi connectivity index (χ1) is 10.8. The highest BCUT2D eigenvalue weighted by Crippen LogP contribution is 2.24. The molecule has 0 aromatic carbocycles. The molecule has 124 valence electrons. The number of aliphatic hydroxyl groups is 1. The van der Waals surface area contributed by atoms with Crippen molar-refractivity contribution in [3.05, 3.63) is 17.5 Å². The second kappa shape index (κ2) is 7.57. The van der Waals surface area contributed by atoms with E-state index in [1.54, 1.807) is 0 Å². The Morgan fingerprint density at radius 2 is 1.95 bits per heavy atom. The summed E-state index contributed by atoms with van der Waals surface area (Å²) in [5.41, 5.74) is 2.41. The molecule has 1 aromatic heterocycles. The smallest absolute Gasteiger partial charge is 0.0641 e. The van der Waals surface area contributed by atoms with Gasteiger partial charge in [0.2, 0.25) is 0 Å². The molecule has 2 aliphatic rings. The van der Waals surface area contributed by atoms with Crippen LogP contribution in [0.25, 0.3) is 0 Å². The van der Waals surface area contributed by atoms with Crippen molar-refractivity contribution in [2.24, 2.45) is 0 Å². The van der Waals surface area contributed by atoms with Crippen LogP contribution >= 0.6 is 0 Å². The normalized spacial score (nSPS) is 22.3. The number of aliphatic hydroxyl groups excluding tert-OH is 1. The van der Waals surface area contributed by atoms with E-state index in [4.69, 9.17) is 5.11 Å². The molecule has 22 heavy (non-hydrogen) atoms. The summed E-state index contributed by atoms with van der Waals surface area (Å²) in [7, 11) is 0. The maximum Gasteiger partial charge on any atom is 0.0641 e. The zero-order valence-electron chi connectivity index (χ0n) is 13.9. The van der Waals surface area contributed by atoms with Crippen LogP contribution in [0.1, 0.15) is 43.4 Å². The van der Waals surface area contributed by atoms with Gasteiger partial charge in [-0.1, -0.05) is 12.8 Å². The van der Waals surface area contributed by atoms with Gasteiger partial charge in [0.15, 0.2) is 0 Å². The Kier molecular flexibility index (Phi) is 5.50. The molecular formula is C17H30N4O. The van der Waals surface area contributed by atoms with Crippen molar-refractivity contribution in [1.82, 2.24) is 19.6 Å². The SMILES string of the molecule is Cc1nn(CCO)cc1CN1CCCN(C2CCCC2)CC1. The maximum atomic E-state index is 9.03. The Balaban J connectivity index is 1.54. The van der Waals surface area contributed by atoms with Gasteiger partial charge in [0.25, 0.3) is 0 Å². The van der Waals surface area contributed by atoms with Gasteiger partial charge in [-0.15, -0.1) is 0 Å². The second-order valence-corrected chi connectivity index (χ2v) is 6.83. The Bertz CT molecular complexity index is 467. The predicted octanol–water partition coefficient (Wildman–Crippen LogP) is 1.63. The van der Waals surface area contributed by atoms with Crippen molar-refractivity contribution in [2.45, 2.75) is 58.2 Å². The first-order valence-electron chi connectivity index (χ1n) is 8.86. The summed E-state index contributed by atoms with van der Waals surface area (Å²) in [5.74, 6) is 0. The van der Waals surface area contributed by atoms with Gasteiger partial charge in [-0.3, -0.25) is 14.5 Å². The van der Waals surface area contributed by atoms with Gasteiger partial charge in [-0.25, -0.2) is 0 Å². The first-order valence-corrected chi connectivity index (χ1v) is 8.86. The lowest BCUT2D eigenvalue weighted by Crippen LogP contribution is -2.36. The van der Waals surface area contributed by atoms with Crippen LogP contribution in [-0.4, -0.2) is 63.5 Å². The molecule has 0 spiro atoms. The third-order valence-electron chi connectivity index (χ3n) is 5.24. The summed E-state index contributed by atoms with van der Waals surface area (Å²) in [5, 5.41) is 13.5. The predicted molar refractivity (Wildman–Crippen MR) is 87.8 cm³/mol. The molecular weight excluding hydrogens is 276 g/mol. The first kappa shape index (κ1) is 16.0. The van der Waals surface area contributed by atoms with E-state index in [2.05, 4.69) is 28.0 Å². The summed E-state index contributed by atoms with van der Waals surface area (Å²) in [6, 6.07) is 0.856. The number of rotatable bonds is 5. The molecule has 1 saturated carbocycles. The minimum atomic E-state index is 0.153. The second-order valence-electron chi connectivity index (χ2n) is 6.83. The third kappa shape index (κ3) is 3.89. The van der Waals surface area contributed by atoms with E-state index in [1.807, 2.05) is 4.68 Å². The Labute approximate surface area is 133 Å². The summed E-state index contributed by atoms with van der Waals surface area (Å²) in [6.07, 6.45) is 9.05. The lowest BCUT2D eigenvalue weighted by molar-refractivity contribution is 0.198. The summed E-state index contributed by atoms with van der Waals surface area (Å²) >= 11 is 0. The van der Waals surface area contributed by atoms with Gasteiger partial charge in [0.1, 0.15) is 0 Å². The zero-order chi connectivity index (χ0) is 15.4. The van der Waals surface area contributed by atoms with Crippen molar-refractivity contribution in [3.63, 3.8) is 0 Å². The Morgan fingerprint density at radius 1 is 1.14 bits per heavy atom. The van der Waals surface area contributed by atoms with Crippen molar-refractivity contribution < 1.29 is 5.11 Å². The fourth-order valence-corrected chi connectivity index (χ4v) is 3.96. The number of aryl methyl sites for hydroxylation is 1. The fourth-order valence-electron chi connectivity index (χ4n) is 3.96. The molecule has 0 atom stereocenters. The molecule has 0 bridgehead atoms. The zero-order valence-corrected chi connectivity index (χ0v) is 13.9. The van der Waals surface area contributed by atoms with E-state index in [0.29, 0.717) is 6.54 Å². The van der Waals surface area contributed by atoms with Gasteiger partial charge in [-0.2, -0.15) is 5.10 Å². The van der Waals surface area contributed by atoms with E-state index < -0.39 is 0 Å². The van der Waals surface area contributed by atoms with Crippen LogP contribution in [0.5, 0.6) is 0 Å². The molecule has 2 heterocycles. The third-order valence-corrected chi connectivity index (χ3v) is 5.24. The topological polar surface area (TPSA) is 44.5 Å². The largest absolute Gasteiger partial charge is 0.394 e. The Hall–Kier alpha value is -0.910. The average molecular weight is 306 g/mol. The average Bonchev–Trinajstić information content (AvgIpc) is 3.07. The minimum absolute atomic E-state index is 0.153. The highest BCUT2D eigenvalue weighted by atomic mass is 16.3. The van der Waals surface area contributed by atoms with E-state index in [0.717, 1.165) is 18.3 Å². The van der Waals surface area contributed by atoms with Crippen molar-refractivity contribution in [1.29, 1.82) is 0 Å². The van der Waals surface area contributed by atoms with Crippen molar-refractivity contribution in [2.75, 3.05) is 32.8 Å². The number of aromatic nitrogens is 2. The monoisotopic (exact) mass is 306 g/mol. The molecule has 0 unspecified atom stereocenters. The molecule has 5 nitrogen and oxygen atoms in total. The van der Waals surface area contributed by atoms with Gasteiger partial charge in [0.05, 0.1) is 18.8 Å². The van der Waals surface area contributed by atoms with Crippen LogP contribution < -0.4 is 0 Å². The maximum absolute atomic E-state index is 9.03. The van der Waals surface area contributed by atoms with Gasteiger partial charge < -0.3 is 5.11 Å². The quantitative estimate of drug-likeness (QED) is 0.898. The molecule has 1 aromatic rings. The molecule has 1 saturated heterocycles. The van der Waals surface area contributed by atoms with Crippen LogP contribution in [0.15, 0.2) is 6.20 Å². The van der Waals surface area contributed by atoms with Crippen molar-refractivity contribution in [3.8, 4) is 0 Å². The molecule has 0 amide bonds. The van der Waals surface area contributed by atoms with Gasteiger partial charge in [0, 0.05) is 37.4 Å². The summed E-state index contributed by atoms with van der Waals surface area (Å²) in [4.78, 5) is 5.30. The van der Waals surface area contributed by atoms with Crippen molar-refractivity contribution >= 4 is 0 Å².